The molecular weight excluding hydrogens is 484 g/mol. The molecule has 134 valence electrons. The van der Waals surface area contributed by atoms with Crippen molar-refractivity contribution >= 4 is 55.1 Å². The van der Waals surface area contributed by atoms with Crippen LogP contribution in [0.2, 0.25) is 5.02 Å². The Morgan fingerprint density at radius 1 is 1.12 bits per heavy atom. The van der Waals surface area contributed by atoms with Crippen LogP contribution in [0.1, 0.15) is 11.5 Å². The first-order valence-electron chi connectivity index (χ1n) is 7.97. The summed E-state index contributed by atoms with van der Waals surface area (Å²) >= 11 is 12.8. The third-order valence-electron chi connectivity index (χ3n) is 4.14. The van der Waals surface area contributed by atoms with Crippen molar-refractivity contribution in [2.75, 3.05) is 5.32 Å². The number of rotatable bonds is 5. The molecule has 2 nitrogen and oxygen atoms in total. The number of carbonyl (C=O) groups excluding carboxylic acids is 1. The molecule has 3 unspecified atom stereocenters. The van der Waals surface area contributed by atoms with Crippen LogP contribution in [0, 0.1) is 5.92 Å². The fraction of sp³-hybridized carbons (Fsp3) is 0.150. The minimum absolute atomic E-state index is 0.138. The molecule has 1 fully saturated rings. The molecule has 3 atom stereocenters. The number of amides is 1. The van der Waals surface area contributed by atoms with Gasteiger partial charge in [0.1, 0.15) is 6.17 Å². The average molecular weight is 500 g/mol. The highest BCUT2D eigenvalue weighted by Crippen LogP contribution is 2.51. The van der Waals surface area contributed by atoms with Crippen LogP contribution in [0.25, 0.3) is 0 Å². The van der Waals surface area contributed by atoms with Gasteiger partial charge in [0.05, 0.1) is 10.7 Å². The van der Waals surface area contributed by atoms with E-state index in [1.54, 1.807) is 42.5 Å². The molecule has 0 saturated heterocycles. The molecule has 26 heavy (non-hydrogen) atoms. The van der Waals surface area contributed by atoms with Gasteiger partial charge in [-0.2, -0.15) is 0 Å². The first-order chi connectivity index (χ1) is 12.5. The first-order valence-corrected chi connectivity index (χ1v) is 9.93. The summed E-state index contributed by atoms with van der Waals surface area (Å²) in [4.78, 5) is 11.9. The number of hydrogen-bond donors (Lipinski definition) is 1. The topological polar surface area (TPSA) is 29.1 Å². The van der Waals surface area contributed by atoms with E-state index in [9.17, 15) is 9.18 Å². The van der Waals surface area contributed by atoms with Crippen molar-refractivity contribution < 1.29 is 9.18 Å². The summed E-state index contributed by atoms with van der Waals surface area (Å²) in [6.07, 6.45) is 5.60. The van der Waals surface area contributed by atoms with Crippen molar-refractivity contribution in [2.45, 2.75) is 12.1 Å². The zero-order chi connectivity index (χ0) is 18.7. The Bertz CT molecular complexity index is 884. The maximum Gasteiger partial charge on any atom is 0.248 e. The van der Waals surface area contributed by atoms with Gasteiger partial charge in [-0.3, -0.25) is 4.79 Å². The first kappa shape index (κ1) is 19.3. The Labute approximate surface area is 173 Å². The van der Waals surface area contributed by atoms with E-state index in [1.807, 2.05) is 18.2 Å². The molecule has 2 aromatic rings. The summed E-state index contributed by atoms with van der Waals surface area (Å²) in [6, 6.07) is 12.8. The van der Waals surface area contributed by atoms with E-state index < -0.39 is 6.17 Å². The predicted molar refractivity (Wildman–Crippen MR) is 111 cm³/mol. The van der Waals surface area contributed by atoms with Crippen LogP contribution < -0.4 is 5.32 Å². The number of anilines is 1. The summed E-state index contributed by atoms with van der Waals surface area (Å²) in [6.45, 7) is 0. The quantitative estimate of drug-likeness (QED) is 0.361. The fourth-order valence-electron chi connectivity index (χ4n) is 2.72. The number of hydrogen-bond acceptors (Lipinski definition) is 1. The van der Waals surface area contributed by atoms with E-state index in [2.05, 4.69) is 37.2 Å². The van der Waals surface area contributed by atoms with Crippen molar-refractivity contribution in [1.82, 2.24) is 0 Å². The molecule has 1 aliphatic carbocycles. The summed E-state index contributed by atoms with van der Waals surface area (Å²) in [5.41, 5.74) is 1.52. The SMILES string of the molecule is O=C(/C=C/C=C/C1C(F)C1c1ccc(Br)c(Br)c1)Nc1ccccc1Cl. The van der Waals surface area contributed by atoms with Gasteiger partial charge in [0, 0.05) is 26.9 Å². The summed E-state index contributed by atoms with van der Waals surface area (Å²) in [5, 5.41) is 3.17. The highest BCUT2D eigenvalue weighted by Gasteiger charge is 2.50. The molecular formula is C20H15Br2ClFNO. The molecule has 1 aliphatic rings. The lowest BCUT2D eigenvalue weighted by Gasteiger charge is -2.03. The van der Waals surface area contributed by atoms with Crippen LogP contribution in [0.5, 0.6) is 0 Å². The summed E-state index contributed by atoms with van der Waals surface area (Å²) < 4.78 is 15.9. The Kier molecular flexibility index (Phi) is 6.33. The van der Waals surface area contributed by atoms with Gasteiger partial charge < -0.3 is 5.32 Å². The van der Waals surface area contributed by atoms with Gasteiger partial charge in [-0.05, 0) is 61.7 Å². The largest absolute Gasteiger partial charge is 0.321 e. The smallest absolute Gasteiger partial charge is 0.248 e. The van der Waals surface area contributed by atoms with Gasteiger partial charge >= 0.3 is 0 Å². The lowest BCUT2D eigenvalue weighted by Crippen LogP contribution is -2.07. The molecule has 0 spiro atoms. The molecule has 0 aromatic heterocycles. The number of nitrogens with one attached hydrogen (secondary N) is 1. The molecule has 1 N–H and O–H groups in total. The molecule has 3 rings (SSSR count). The molecule has 0 bridgehead atoms. The number of alkyl halides is 1. The van der Waals surface area contributed by atoms with Crippen molar-refractivity contribution in [3.05, 3.63) is 86.3 Å². The van der Waals surface area contributed by atoms with E-state index in [1.165, 1.54) is 6.08 Å². The molecule has 6 heteroatoms. The van der Waals surface area contributed by atoms with Crippen LogP contribution >= 0.6 is 43.5 Å². The highest BCUT2D eigenvalue weighted by atomic mass is 79.9. The van der Waals surface area contributed by atoms with Crippen LogP contribution in [0.4, 0.5) is 10.1 Å². The minimum Gasteiger partial charge on any atom is -0.321 e. The molecule has 0 aliphatic heterocycles. The maximum atomic E-state index is 14.1. The van der Waals surface area contributed by atoms with Crippen LogP contribution in [-0.4, -0.2) is 12.1 Å². The van der Waals surface area contributed by atoms with Crippen molar-refractivity contribution in [2.24, 2.45) is 5.92 Å². The van der Waals surface area contributed by atoms with E-state index >= 15 is 0 Å². The van der Waals surface area contributed by atoms with Gasteiger partial charge in [0.25, 0.3) is 0 Å². The molecule has 2 aromatic carbocycles. The van der Waals surface area contributed by atoms with E-state index in [-0.39, 0.29) is 17.7 Å². The number of benzene rings is 2. The third kappa shape index (κ3) is 4.64. The molecule has 0 heterocycles. The van der Waals surface area contributed by atoms with Crippen LogP contribution in [0.15, 0.2) is 75.7 Å². The van der Waals surface area contributed by atoms with Crippen molar-refractivity contribution in [3.63, 3.8) is 0 Å². The number of halogens is 4. The molecule has 1 amide bonds. The van der Waals surface area contributed by atoms with Gasteiger partial charge in [-0.1, -0.05) is 48.0 Å². The Balaban J connectivity index is 1.55. The van der Waals surface area contributed by atoms with Gasteiger partial charge in [0.15, 0.2) is 0 Å². The minimum atomic E-state index is -0.898. The van der Waals surface area contributed by atoms with Gasteiger partial charge in [0.2, 0.25) is 5.91 Å². The number of allylic oxidation sites excluding steroid dienone is 3. The van der Waals surface area contributed by atoms with Crippen LogP contribution in [0.3, 0.4) is 0 Å². The Morgan fingerprint density at radius 2 is 1.88 bits per heavy atom. The second-order valence-corrected chi connectivity index (χ2v) is 8.05. The van der Waals surface area contributed by atoms with Gasteiger partial charge in [-0.25, -0.2) is 4.39 Å². The number of para-hydroxylation sites is 1. The lowest BCUT2D eigenvalue weighted by atomic mass is 10.1. The lowest BCUT2D eigenvalue weighted by molar-refractivity contribution is -0.111. The Hall–Kier alpha value is -1.43. The standard InChI is InChI=1S/C20H15Br2ClFNO/c21-14-10-9-12(11-15(14)22)19-13(20(19)24)5-1-4-8-18(26)25-17-7-3-2-6-16(17)23/h1-11,13,19-20H,(H,25,26)/b5-1+,8-4+. The zero-order valence-electron chi connectivity index (χ0n) is 13.5. The van der Waals surface area contributed by atoms with E-state index in [0.717, 1.165) is 14.5 Å². The van der Waals surface area contributed by atoms with Crippen molar-refractivity contribution in [3.8, 4) is 0 Å². The zero-order valence-corrected chi connectivity index (χ0v) is 17.4. The molecule has 0 radical (unpaired) electrons. The van der Waals surface area contributed by atoms with Crippen molar-refractivity contribution in [1.29, 1.82) is 0 Å². The normalized spacial score (nSPS) is 22.1. The van der Waals surface area contributed by atoms with E-state index in [0.29, 0.717) is 10.7 Å². The summed E-state index contributed by atoms with van der Waals surface area (Å²) in [5.74, 6) is -0.593. The maximum absolute atomic E-state index is 14.1. The highest BCUT2D eigenvalue weighted by molar-refractivity contribution is 9.13. The second-order valence-electron chi connectivity index (χ2n) is 5.93. The molecule has 1 saturated carbocycles. The summed E-state index contributed by atoms with van der Waals surface area (Å²) in [7, 11) is 0. The average Bonchev–Trinajstić information content (AvgIpc) is 3.26. The monoisotopic (exact) mass is 497 g/mol. The van der Waals surface area contributed by atoms with Crippen LogP contribution in [-0.2, 0) is 4.79 Å². The van der Waals surface area contributed by atoms with E-state index in [4.69, 9.17) is 11.6 Å². The number of carbonyl (C=O) groups is 1. The third-order valence-corrected chi connectivity index (χ3v) is 6.35. The fourth-order valence-corrected chi connectivity index (χ4v) is 3.55. The second kappa shape index (κ2) is 8.51. The predicted octanol–water partition coefficient (Wildman–Crippen LogP) is 6.67. The van der Waals surface area contributed by atoms with Gasteiger partial charge in [-0.15, -0.1) is 0 Å². The Morgan fingerprint density at radius 3 is 2.62 bits per heavy atom.